The number of hydrogen-bond donors (Lipinski definition) is 3. The first-order valence-corrected chi connectivity index (χ1v) is 5.10. The van der Waals surface area contributed by atoms with Gasteiger partial charge in [-0.3, -0.25) is 10.2 Å². The molecule has 0 aromatic heterocycles. The normalized spacial score (nSPS) is 9.38. The molecule has 2 amide bonds. The van der Waals surface area contributed by atoms with Crippen LogP contribution in [0.5, 0.6) is 0 Å². The van der Waals surface area contributed by atoms with Crippen molar-refractivity contribution < 1.29 is 14.3 Å². The van der Waals surface area contributed by atoms with Crippen LogP contribution in [0.1, 0.15) is 17.3 Å². The molecule has 2 N–H and O–H groups in total. The van der Waals surface area contributed by atoms with Crippen molar-refractivity contribution in [2.75, 3.05) is 6.61 Å². The lowest BCUT2D eigenvalue weighted by Crippen LogP contribution is -2.41. The number of benzene rings is 1. The second kappa shape index (κ2) is 6.02. The van der Waals surface area contributed by atoms with E-state index in [4.69, 9.17) is 0 Å². The molecule has 0 bridgehead atoms. The average molecular weight is 240 g/mol. The number of ether oxygens (including phenoxy) is 1. The van der Waals surface area contributed by atoms with Gasteiger partial charge in [-0.2, -0.15) is 0 Å². The smallest absolute Gasteiger partial charge is 0.426 e. The maximum atomic E-state index is 11.5. The standard InChI is InChI=1S/C10H12N2O3S/c1-2-15-10(14)12-11-9(13)7-3-5-8(16)6-4-7/h3-6,16H,2H2,1H3,(H,11,13)(H,12,14). The van der Waals surface area contributed by atoms with Gasteiger partial charge in [0.2, 0.25) is 0 Å². The van der Waals surface area contributed by atoms with Gasteiger partial charge in [0.25, 0.3) is 5.91 Å². The van der Waals surface area contributed by atoms with Crippen LogP contribution in [-0.4, -0.2) is 18.6 Å². The third-order valence-corrected chi connectivity index (χ3v) is 1.98. The molecule has 6 heteroatoms. The molecule has 0 saturated carbocycles. The van der Waals surface area contributed by atoms with E-state index < -0.39 is 12.0 Å². The van der Waals surface area contributed by atoms with E-state index in [9.17, 15) is 9.59 Å². The van der Waals surface area contributed by atoms with Crippen molar-refractivity contribution in [3.63, 3.8) is 0 Å². The predicted octanol–water partition coefficient (Wildman–Crippen LogP) is 1.37. The Balaban J connectivity index is 2.47. The van der Waals surface area contributed by atoms with Crippen LogP contribution in [-0.2, 0) is 4.74 Å². The minimum absolute atomic E-state index is 0.246. The topological polar surface area (TPSA) is 67.4 Å². The molecule has 86 valence electrons. The van der Waals surface area contributed by atoms with Crippen molar-refractivity contribution in [3.8, 4) is 0 Å². The van der Waals surface area contributed by atoms with Crippen LogP contribution in [0, 0.1) is 0 Å². The summed E-state index contributed by atoms with van der Waals surface area (Å²) in [6.45, 7) is 1.92. The minimum atomic E-state index is -0.693. The maximum absolute atomic E-state index is 11.5. The Kier molecular flexibility index (Phi) is 4.65. The Labute approximate surface area is 98.6 Å². The first kappa shape index (κ1) is 12.4. The van der Waals surface area contributed by atoms with Crippen molar-refractivity contribution >= 4 is 24.6 Å². The summed E-state index contributed by atoms with van der Waals surface area (Å²) in [4.78, 5) is 23.1. The molecule has 0 unspecified atom stereocenters. The van der Waals surface area contributed by atoms with Gasteiger partial charge in [0.1, 0.15) is 0 Å². The Hall–Kier alpha value is -1.69. The van der Waals surface area contributed by atoms with Crippen molar-refractivity contribution in [2.24, 2.45) is 0 Å². The summed E-state index contributed by atoms with van der Waals surface area (Å²) in [6.07, 6.45) is -0.693. The minimum Gasteiger partial charge on any atom is -0.449 e. The number of carbonyl (C=O) groups excluding carboxylic acids is 2. The molecule has 0 atom stereocenters. The predicted molar refractivity (Wildman–Crippen MR) is 61.3 cm³/mol. The van der Waals surface area contributed by atoms with E-state index in [-0.39, 0.29) is 6.61 Å². The van der Waals surface area contributed by atoms with Crippen molar-refractivity contribution in [3.05, 3.63) is 29.8 Å². The van der Waals surface area contributed by atoms with E-state index in [0.717, 1.165) is 4.90 Å². The van der Waals surface area contributed by atoms with E-state index in [0.29, 0.717) is 5.56 Å². The molecule has 0 fully saturated rings. The van der Waals surface area contributed by atoms with Crippen molar-refractivity contribution in [2.45, 2.75) is 11.8 Å². The lowest BCUT2D eigenvalue weighted by atomic mass is 10.2. The molecule has 0 aliphatic rings. The van der Waals surface area contributed by atoms with Gasteiger partial charge in [0.05, 0.1) is 6.61 Å². The molecule has 1 aromatic rings. The van der Waals surface area contributed by atoms with E-state index in [2.05, 4.69) is 28.2 Å². The van der Waals surface area contributed by atoms with Crippen LogP contribution in [0.15, 0.2) is 29.2 Å². The Morgan fingerprint density at radius 1 is 1.25 bits per heavy atom. The van der Waals surface area contributed by atoms with Gasteiger partial charge in [-0.15, -0.1) is 12.6 Å². The lowest BCUT2D eigenvalue weighted by Gasteiger charge is -2.06. The van der Waals surface area contributed by atoms with Gasteiger partial charge in [-0.05, 0) is 31.2 Å². The summed E-state index contributed by atoms with van der Waals surface area (Å²) < 4.78 is 4.57. The average Bonchev–Trinajstić information content (AvgIpc) is 2.27. The molecule has 0 radical (unpaired) electrons. The van der Waals surface area contributed by atoms with Crippen molar-refractivity contribution in [1.82, 2.24) is 10.9 Å². The van der Waals surface area contributed by atoms with E-state index >= 15 is 0 Å². The number of hydrazine groups is 1. The molecule has 0 aliphatic heterocycles. The van der Waals surface area contributed by atoms with Gasteiger partial charge in [-0.25, -0.2) is 10.2 Å². The van der Waals surface area contributed by atoms with Crippen molar-refractivity contribution in [1.29, 1.82) is 0 Å². The zero-order valence-electron chi connectivity index (χ0n) is 8.69. The highest BCUT2D eigenvalue weighted by Gasteiger charge is 2.06. The summed E-state index contributed by atoms with van der Waals surface area (Å²) in [5, 5.41) is 0. The Morgan fingerprint density at radius 2 is 1.88 bits per heavy atom. The Bertz CT molecular complexity index is 378. The number of carbonyl (C=O) groups is 2. The monoisotopic (exact) mass is 240 g/mol. The third-order valence-electron chi connectivity index (χ3n) is 1.68. The third kappa shape index (κ3) is 3.82. The van der Waals surface area contributed by atoms with Crippen LogP contribution in [0.3, 0.4) is 0 Å². The zero-order chi connectivity index (χ0) is 12.0. The van der Waals surface area contributed by atoms with Gasteiger partial charge >= 0.3 is 6.09 Å². The quantitative estimate of drug-likeness (QED) is 0.540. The second-order valence-electron chi connectivity index (χ2n) is 2.85. The largest absolute Gasteiger partial charge is 0.449 e. The summed E-state index contributed by atoms with van der Waals surface area (Å²) in [6, 6.07) is 6.57. The number of nitrogens with one attached hydrogen (secondary N) is 2. The molecular weight excluding hydrogens is 228 g/mol. The van der Waals surface area contributed by atoms with Crippen LogP contribution >= 0.6 is 12.6 Å². The summed E-state index contributed by atoms with van der Waals surface area (Å²) in [5.41, 5.74) is 4.76. The van der Waals surface area contributed by atoms with Crippen LogP contribution < -0.4 is 10.9 Å². The Morgan fingerprint density at radius 3 is 2.44 bits per heavy atom. The molecule has 0 aliphatic carbocycles. The fourth-order valence-corrected chi connectivity index (χ4v) is 1.11. The zero-order valence-corrected chi connectivity index (χ0v) is 9.58. The molecule has 1 rings (SSSR count). The van der Waals surface area contributed by atoms with Gasteiger partial charge in [0, 0.05) is 10.5 Å². The summed E-state index contributed by atoms with van der Waals surface area (Å²) in [7, 11) is 0. The highest BCUT2D eigenvalue weighted by atomic mass is 32.1. The fraction of sp³-hybridized carbons (Fsp3) is 0.200. The number of thiol groups is 1. The molecular formula is C10H12N2O3S. The van der Waals surface area contributed by atoms with Gasteiger partial charge < -0.3 is 4.74 Å². The first-order chi connectivity index (χ1) is 7.63. The highest BCUT2D eigenvalue weighted by Crippen LogP contribution is 2.07. The second-order valence-corrected chi connectivity index (χ2v) is 3.36. The SMILES string of the molecule is CCOC(=O)NNC(=O)c1ccc(S)cc1. The van der Waals surface area contributed by atoms with Gasteiger partial charge in [0.15, 0.2) is 0 Å². The van der Waals surface area contributed by atoms with E-state index in [1.165, 1.54) is 0 Å². The molecule has 16 heavy (non-hydrogen) atoms. The van der Waals surface area contributed by atoms with Gasteiger partial charge in [-0.1, -0.05) is 0 Å². The van der Waals surface area contributed by atoms with E-state index in [1.54, 1.807) is 31.2 Å². The summed E-state index contributed by atoms with van der Waals surface area (Å²) >= 11 is 4.09. The lowest BCUT2D eigenvalue weighted by molar-refractivity contribution is 0.0912. The molecule has 0 saturated heterocycles. The fourth-order valence-electron chi connectivity index (χ4n) is 0.960. The van der Waals surface area contributed by atoms with E-state index in [1.807, 2.05) is 0 Å². The number of hydrogen-bond acceptors (Lipinski definition) is 4. The maximum Gasteiger partial charge on any atom is 0.426 e. The molecule has 0 spiro atoms. The summed E-state index contributed by atoms with van der Waals surface area (Å²) in [5.74, 6) is -0.415. The van der Waals surface area contributed by atoms with Crippen LogP contribution in [0.2, 0.25) is 0 Å². The van der Waals surface area contributed by atoms with Crippen LogP contribution in [0.4, 0.5) is 4.79 Å². The molecule has 1 aromatic carbocycles. The molecule has 5 nitrogen and oxygen atoms in total. The molecule has 0 heterocycles. The number of amides is 2. The van der Waals surface area contributed by atoms with Crippen LogP contribution in [0.25, 0.3) is 0 Å². The number of rotatable bonds is 2. The highest BCUT2D eigenvalue weighted by molar-refractivity contribution is 7.80. The first-order valence-electron chi connectivity index (χ1n) is 4.65.